The molecule has 6 nitrogen and oxygen atoms in total. The first-order valence-electron chi connectivity index (χ1n) is 8.79. The summed E-state index contributed by atoms with van der Waals surface area (Å²) in [5.41, 5.74) is 0.120. The van der Waals surface area contributed by atoms with Gasteiger partial charge in [-0.1, -0.05) is 30.5 Å². The summed E-state index contributed by atoms with van der Waals surface area (Å²) in [5, 5.41) is -0.304. The van der Waals surface area contributed by atoms with Gasteiger partial charge in [-0.3, -0.25) is 4.72 Å². The molecular formula is C18H20ClFN2O4S2. The fourth-order valence-electron chi connectivity index (χ4n) is 3.03. The van der Waals surface area contributed by atoms with Gasteiger partial charge in [0, 0.05) is 18.8 Å². The fraction of sp³-hybridized carbons (Fsp3) is 0.333. The second-order valence-electron chi connectivity index (χ2n) is 6.50. The molecule has 0 bridgehead atoms. The minimum Gasteiger partial charge on any atom is -0.280 e. The van der Waals surface area contributed by atoms with E-state index in [1.54, 1.807) is 0 Å². The van der Waals surface area contributed by atoms with Crippen LogP contribution in [0.2, 0.25) is 5.02 Å². The predicted molar refractivity (Wildman–Crippen MR) is 106 cm³/mol. The van der Waals surface area contributed by atoms with Gasteiger partial charge >= 0.3 is 0 Å². The number of nitrogens with one attached hydrogen (secondary N) is 1. The lowest BCUT2D eigenvalue weighted by atomic mass is 10.2. The molecule has 0 radical (unpaired) electrons. The average Bonchev–Trinajstić information content (AvgIpc) is 2.94. The Bertz CT molecular complexity index is 1050. The molecule has 1 heterocycles. The lowest BCUT2D eigenvalue weighted by Crippen LogP contribution is -2.31. The number of hydrogen-bond donors (Lipinski definition) is 1. The highest BCUT2D eigenvalue weighted by atomic mass is 35.5. The van der Waals surface area contributed by atoms with Crippen molar-refractivity contribution in [3.63, 3.8) is 0 Å². The summed E-state index contributed by atoms with van der Waals surface area (Å²) >= 11 is 5.64. The molecule has 1 fully saturated rings. The first kappa shape index (κ1) is 21.0. The Morgan fingerprint density at radius 3 is 2.11 bits per heavy atom. The summed E-state index contributed by atoms with van der Waals surface area (Å²) in [4.78, 5) is -0.493. The van der Waals surface area contributed by atoms with Crippen molar-refractivity contribution in [1.82, 2.24) is 4.31 Å². The van der Waals surface area contributed by atoms with E-state index < -0.39 is 30.8 Å². The van der Waals surface area contributed by atoms with E-state index in [2.05, 4.69) is 4.72 Å². The number of nitrogens with zero attached hydrogens (tertiary/aromatic N) is 1. The molecule has 1 saturated heterocycles. The third-order valence-electron chi connectivity index (χ3n) is 4.52. The van der Waals surface area contributed by atoms with Crippen molar-refractivity contribution >= 4 is 37.3 Å². The van der Waals surface area contributed by atoms with Crippen LogP contribution in [0.5, 0.6) is 0 Å². The van der Waals surface area contributed by atoms with E-state index in [0.29, 0.717) is 13.1 Å². The normalized spacial score (nSPS) is 16.5. The molecule has 0 unspecified atom stereocenters. The molecule has 0 atom stereocenters. The van der Waals surface area contributed by atoms with Gasteiger partial charge in [-0.05, 0) is 49.2 Å². The van der Waals surface area contributed by atoms with Crippen molar-refractivity contribution in [3.8, 4) is 0 Å². The number of hydrogen-bond acceptors (Lipinski definition) is 4. The Labute approximate surface area is 169 Å². The van der Waals surface area contributed by atoms with Crippen molar-refractivity contribution < 1.29 is 21.2 Å². The zero-order valence-electron chi connectivity index (χ0n) is 14.9. The summed E-state index contributed by atoms with van der Waals surface area (Å²) in [5.74, 6) is -1.04. The van der Waals surface area contributed by atoms with E-state index in [-0.39, 0.29) is 15.6 Å². The summed E-state index contributed by atoms with van der Waals surface area (Å²) in [6.07, 6.45) is 3.66. The molecule has 28 heavy (non-hydrogen) atoms. The smallest absolute Gasteiger partial charge is 0.264 e. The number of anilines is 1. The van der Waals surface area contributed by atoms with E-state index in [9.17, 15) is 21.2 Å². The van der Waals surface area contributed by atoms with E-state index in [1.807, 2.05) is 0 Å². The Kier molecular flexibility index (Phi) is 6.28. The lowest BCUT2D eigenvalue weighted by Gasteiger charge is -2.20. The van der Waals surface area contributed by atoms with Crippen LogP contribution in [0.25, 0.3) is 0 Å². The van der Waals surface area contributed by atoms with Gasteiger partial charge in [-0.25, -0.2) is 21.2 Å². The van der Waals surface area contributed by atoms with Gasteiger partial charge in [0.1, 0.15) is 4.90 Å². The highest BCUT2D eigenvalue weighted by molar-refractivity contribution is 7.92. The molecule has 0 saturated carbocycles. The van der Waals surface area contributed by atoms with Gasteiger partial charge in [0.15, 0.2) is 5.82 Å². The molecule has 0 aromatic heterocycles. The maximum Gasteiger partial charge on any atom is 0.264 e. The number of benzene rings is 2. The second-order valence-corrected chi connectivity index (χ2v) is 10.5. The van der Waals surface area contributed by atoms with Crippen molar-refractivity contribution in [2.24, 2.45) is 0 Å². The van der Waals surface area contributed by atoms with Crippen LogP contribution >= 0.6 is 11.6 Å². The van der Waals surface area contributed by atoms with Crippen LogP contribution in [0.15, 0.2) is 52.3 Å². The molecule has 10 heteroatoms. The lowest BCUT2D eigenvalue weighted by molar-refractivity contribution is 0.424. The predicted octanol–water partition coefficient (Wildman–Crippen LogP) is 3.84. The number of rotatable bonds is 5. The maximum absolute atomic E-state index is 14.0. The minimum absolute atomic E-state index is 0.0892. The number of halogens is 2. The average molecular weight is 447 g/mol. The van der Waals surface area contributed by atoms with Gasteiger partial charge in [-0.15, -0.1) is 0 Å². The summed E-state index contributed by atoms with van der Waals surface area (Å²) in [6, 6.07) is 9.03. The standard InChI is InChI=1S/C18H20ClFN2O4S2/c19-16-6-5-7-17(18(16)20)27(23,24)21-14-8-10-15(11-9-14)28(25,26)22-12-3-1-2-4-13-22/h5-11,21H,1-4,12-13H2. The number of sulfonamides is 2. The molecular weight excluding hydrogens is 427 g/mol. The van der Waals surface area contributed by atoms with Crippen molar-refractivity contribution in [2.75, 3.05) is 17.8 Å². The topological polar surface area (TPSA) is 83.5 Å². The zero-order valence-corrected chi connectivity index (χ0v) is 17.3. The molecule has 2 aromatic rings. The van der Waals surface area contributed by atoms with E-state index in [4.69, 9.17) is 11.6 Å². The Balaban J connectivity index is 1.81. The van der Waals surface area contributed by atoms with Gasteiger partial charge < -0.3 is 0 Å². The van der Waals surface area contributed by atoms with Crippen LogP contribution in [0, 0.1) is 5.82 Å². The molecule has 0 aliphatic carbocycles. The van der Waals surface area contributed by atoms with Crippen LogP contribution in [-0.2, 0) is 20.0 Å². The van der Waals surface area contributed by atoms with Crippen molar-refractivity contribution in [1.29, 1.82) is 0 Å². The largest absolute Gasteiger partial charge is 0.280 e. The molecule has 1 N–H and O–H groups in total. The molecule has 0 spiro atoms. The van der Waals surface area contributed by atoms with Crippen LogP contribution in [-0.4, -0.2) is 34.2 Å². The molecule has 0 amide bonds. The van der Waals surface area contributed by atoms with E-state index in [1.165, 1.54) is 40.7 Å². The molecule has 3 rings (SSSR count). The summed E-state index contributed by atoms with van der Waals surface area (Å²) in [6.45, 7) is 0.954. The van der Waals surface area contributed by atoms with Crippen molar-refractivity contribution in [2.45, 2.75) is 35.5 Å². The SMILES string of the molecule is O=S(=O)(Nc1ccc(S(=O)(=O)N2CCCCCC2)cc1)c1cccc(Cl)c1F. The van der Waals surface area contributed by atoms with Crippen LogP contribution in [0.1, 0.15) is 25.7 Å². The van der Waals surface area contributed by atoms with Gasteiger partial charge in [0.2, 0.25) is 10.0 Å². The Hall–Kier alpha value is -1.68. The first-order valence-corrected chi connectivity index (χ1v) is 12.1. The Morgan fingerprint density at radius 1 is 0.893 bits per heavy atom. The van der Waals surface area contributed by atoms with E-state index in [0.717, 1.165) is 31.7 Å². The third-order valence-corrected chi connectivity index (χ3v) is 8.12. The van der Waals surface area contributed by atoms with Gasteiger partial charge in [0.25, 0.3) is 10.0 Å². The van der Waals surface area contributed by atoms with Crippen LogP contribution in [0.4, 0.5) is 10.1 Å². The van der Waals surface area contributed by atoms with Gasteiger partial charge in [0.05, 0.1) is 9.92 Å². The fourth-order valence-corrected chi connectivity index (χ4v) is 5.94. The van der Waals surface area contributed by atoms with Crippen LogP contribution < -0.4 is 4.72 Å². The third kappa shape index (κ3) is 4.48. The zero-order chi connectivity index (χ0) is 20.4. The highest BCUT2D eigenvalue weighted by Gasteiger charge is 2.25. The summed E-state index contributed by atoms with van der Waals surface area (Å²) in [7, 11) is -7.84. The minimum atomic E-state index is -4.21. The van der Waals surface area contributed by atoms with Crippen molar-refractivity contribution in [3.05, 3.63) is 53.3 Å². The second kappa shape index (κ2) is 8.36. The molecule has 152 valence electrons. The van der Waals surface area contributed by atoms with Gasteiger partial charge in [-0.2, -0.15) is 4.31 Å². The molecule has 2 aromatic carbocycles. The monoisotopic (exact) mass is 446 g/mol. The quantitative estimate of drug-likeness (QED) is 0.756. The molecule has 1 aliphatic heterocycles. The van der Waals surface area contributed by atoms with Crippen LogP contribution in [0.3, 0.4) is 0 Å². The summed E-state index contributed by atoms with van der Waals surface area (Å²) < 4.78 is 68.1. The Morgan fingerprint density at radius 2 is 1.50 bits per heavy atom. The molecule has 1 aliphatic rings. The van der Waals surface area contributed by atoms with E-state index >= 15 is 0 Å². The maximum atomic E-state index is 14.0. The highest BCUT2D eigenvalue weighted by Crippen LogP contribution is 2.26. The first-order chi connectivity index (χ1) is 13.2.